The van der Waals surface area contributed by atoms with Gasteiger partial charge in [-0.2, -0.15) is 0 Å². The zero-order valence-electron chi connectivity index (χ0n) is 12.1. The number of aryl methyl sites for hydroxylation is 1. The van der Waals surface area contributed by atoms with E-state index < -0.39 is 10.0 Å². The van der Waals surface area contributed by atoms with Gasteiger partial charge >= 0.3 is 0 Å². The van der Waals surface area contributed by atoms with E-state index in [1.807, 2.05) is 6.92 Å². The Kier molecular flexibility index (Phi) is 4.44. The number of hydrogen-bond acceptors (Lipinski definition) is 4. The first kappa shape index (κ1) is 16.4. The van der Waals surface area contributed by atoms with E-state index in [0.717, 1.165) is 5.56 Å². The summed E-state index contributed by atoms with van der Waals surface area (Å²) < 4.78 is 39.0. The van der Waals surface area contributed by atoms with Gasteiger partial charge in [0.2, 0.25) is 0 Å². The highest BCUT2D eigenvalue weighted by Gasteiger charge is 2.23. The highest BCUT2D eigenvalue weighted by Crippen LogP contribution is 2.38. The summed E-state index contributed by atoms with van der Waals surface area (Å²) in [5, 5.41) is 0.492. The van der Waals surface area contributed by atoms with Crippen LogP contribution in [-0.2, 0) is 10.0 Å². The maximum Gasteiger partial charge on any atom is 0.263 e. The number of nitrogens with one attached hydrogen (secondary N) is 1. The molecular formula is C15H13BrClNO4S. The van der Waals surface area contributed by atoms with E-state index in [9.17, 15) is 8.42 Å². The Bertz CT molecular complexity index is 870. The molecule has 0 aromatic heterocycles. The number of ether oxygens (including phenoxy) is 2. The fourth-order valence-electron chi connectivity index (χ4n) is 2.12. The van der Waals surface area contributed by atoms with Gasteiger partial charge in [0.25, 0.3) is 10.0 Å². The Hall–Kier alpha value is -1.44. The summed E-state index contributed by atoms with van der Waals surface area (Å²) in [5.41, 5.74) is 1.26. The van der Waals surface area contributed by atoms with Crippen LogP contribution >= 0.6 is 27.5 Å². The third-order valence-electron chi connectivity index (χ3n) is 3.31. The second-order valence-electron chi connectivity index (χ2n) is 5.00. The molecule has 0 saturated heterocycles. The van der Waals surface area contributed by atoms with Gasteiger partial charge in [-0.1, -0.05) is 17.7 Å². The van der Waals surface area contributed by atoms with Gasteiger partial charge in [0, 0.05) is 15.6 Å². The van der Waals surface area contributed by atoms with Crippen molar-refractivity contribution in [3.05, 3.63) is 45.4 Å². The molecule has 2 aromatic carbocycles. The van der Waals surface area contributed by atoms with Gasteiger partial charge in [-0.3, -0.25) is 4.72 Å². The minimum Gasteiger partial charge on any atom is -0.486 e. The highest BCUT2D eigenvalue weighted by molar-refractivity contribution is 9.10. The molecule has 1 heterocycles. The van der Waals surface area contributed by atoms with Gasteiger partial charge in [-0.15, -0.1) is 0 Å². The molecule has 1 N–H and O–H groups in total. The van der Waals surface area contributed by atoms with Crippen LogP contribution in [0, 0.1) is 6.92 Å². The number of benzene rings is 2. The molecule has 0 bridgehead atoms. The monoisotopic (exact) mass is 417 g/mol. The van der Waals surface area contributed by atoms with Crippen molar-refractivity contribution in [2.45, 2.75) is 11.8 Å². The molecule has 0 aliphatic carbocycles. The molecule has 1 aliphatic rings. The first-order valence-corrected chi connectivity index (χ1v) is 9.40. The Morgan fingerprint density at radius 3 is 2.43 bits per heavy atom. The fraction of sp³-hybridized carbons (Fsp3) is 0.200. The first-order valence-electron chi connectivity index (χ1n) is 6.75. The number of halogens is 2. The average Bonchev–Trinajstić information content (AvgIpc) is 2.50. The van der Waals surface area contributed by atoms with Crippen molar-refractivity contribution >= 4 is 43.2 Å². The average molecular weight is 419 g/mol. The Morgan fingerprint density at radius 1 is 1.13 bits per heavy atom. The van der Waals surface area contributed by atoms with Crippen molar-refractivity contribution in [1.29, 1.82) is 0 Å². The molecule has 1 aliphatic heterocycles. The van der Waals surface area contributed by atoms with Gasteiger partial charge in [-0.05, 0) is 46.6 Å². The van der Waals surface area contributed by atoms with Crippen molar-refractivity contribution in [3.8, 4) is 11.5 Å². The smallest absolute Gasteiger partial charge is 0.263 e. The van der Waals surface area contributed by atoms with Crippen LogP contribution in [0.1, 0.15) is 5.56 Å². The largest absolute Gasteiger partial charge is 0.486 e. The molecule has 5 nitrogen and oxygen atoms in total. The van der Waals surface area contributed by atoms with Crippen LogP contribution in [0.3, 0.4) is 0 Å². The molecule has 3 rings (SSSR count). The molecular weight excluding hydrogens is 406 g/mol. The SMILES string of the molecule is Cc1ccc(NS(=O)(=O)c2cc3c(cc2Br)OCCO3)cc1Cl. The van der Waals surface area contributed by atoms with Crippen molar-refractivity contribution in [3.63, 3.8) is 0 Å². The molecule has 0 fully saturated rings. The number of rotatable bonds is 3. The molecule has 0 saturated carbocycles. The quantitative estimate of drug-likeness (QED) is 0.819. The van der Waals surface area contributed by atoms with E-state index in [1.165, 1.54) is 6.07 Å². The summed E-state index contributed by atoms with van der Waals surface area (Å²) in [5.74, 6) is 0.919. The predicted octanol–water partition coefficient (Wildman–Crippen LogP) is 3.98. The van der Waals surface area contributed by atoms with Crippen LogP contribution in [-0.4, -0.2) is 21.6 Å². The summed E-state index contributed by atoms with van der Waals surface area (Å²) in [6.07, 6.45) is 0. The molecule has 0 unspecified atom stereocenters. The van der Waals surface area contributed by atoms with Gasteiger partial charge < -0.3 is 9.47 Å². The van der Waals surface area contributed by atoms with Crippen molar-refractivity contribution < 1.29 is 17.9 Å². The molecule has 0 amide bonds. The van der Waals surface area contributed by atoms with E-state index in [1.54, 1.807) is 24.3 Å². The topological polar surface area (TPSA) is 64.6 Å². The van der Waals surface area contributed by atoms with Crippen molar-refractivity contribution in [1.82, 2.24) is 0 Å². The van der Waals surface area contributed by atoms with Gasteiger partial charge in [0.1, 0.15) is 18.1 Å². The molecule has 0 spiro atoms. The van der Waals surface area contributed by atoms with Crippen LogP contribution in [0.25, 0.3) is 0 Å². The summed E-state index contributed by atoms with van der Waals surface area (Å²) in [7, 11) is -3.80. The molecule has 0 atom stereocenters. The molecule has 23 heavy (non-hydrogen) atoms. The fourth-order valence-corrected chi connectivity index (χ4v) is 4.39. The predicted molar refractivity (Wildman–Crippen MR) is 92.1 cm³/mol. The van der Waals surface area contributed by atoms with E-state index in [0.29, 0.717) is 39.9 Å². The second kappa shape index (κ2) is 6.22. The zero-order valence-corrected chi connectivity index (χ0v) is 15.3. The molecule has 2 aromatic rings. The lowest BCUT2D eigenvalue weighted by molar-refractivity contribution is 0.171. The minimum atomic E-state index is -3.80. The standard InChI is InChI=1S/C15H13BrClNO4S/c1-9-2-3-10(6-12(9)17)18-23(19,20)15-8-14-13(7-11(15)16)21-4-5-22-14/h2-3,6-8,18H,4-5H2,1H3. The highest BCUT2D eigenvalue weighted by atomic mass is 79.9. The van der Waals surface area contributed by atoms with E-state index in [2.05, 4.69) is 20.7 Å². The second-order valence-corrected chi connectivity index (χ2v) is 7.91. The summed E-state index contributed by atoms with van der Waals surface area (Å²) in [6.45, 7) is 2.67. The minimum absolute atomic E-state index is 0.0680. The lowest BCUT2D eigenvalue weighted by Crippen LogP contribution is -2.18. The number of sulfonamides is 1. The van der Waals surface area contributed by atoms with Crippen LogP contribution in [0.5, 0.6) is 11.5 Å². The molecule has 122 valence electrons. The number of fused-ring (bicyclic) bond motifs is 1. The lowest BCUT2D eigenvalue weighted by Gasteiger charge is -2.20. The number of hydrogen-bond donors (Lipinski definition) is 1. The van der Waals surface area contributed by atoms with Crippen molar-refractivity contribution in [2.75, 3.05) is 17.9 Å². The third kappa shape index (κ3) is 3.41. The van der Waals surface area contributed by atoms with Gasteiger partial charge in [0.15, 0.2) is 11.5 Å². The zero-order chi connectivity index (χ0) is 16.6. The van der Waals surface area contributed by atoms with E-state index in [-0.39, 0.29) is 4.90 Å². The lowest BCUT2D eigenvalue weighted by atomic mass is 10.2. The normalized spacial score (nSPS) is 13.7. The van der Waals surface area contributed by atoms with Crippen LogP contribution < -0.4 is 14.2 Å². The Balaban J connectivity index is 1.97. The van der Waals surface area contributed by atoms with Gasteiger partial charge in [0.05, 0.1) is 5.69 Å². The maximum atomic E-state index is 12.6. The molecule has 8 heteroatoms. The third-order valence-corrected chi connectivity index (χ3v) is 6.06. The van der Waals surface area contributed by atoms with Gasteiger partial charge in [-0.25, -0.2) is 8.42 Å². The first-order chi connectivity index (χ1) is 10.9. The maximum absolute atomic E-state index is 12.6. The van der Waals surface area contributed by atoms with E-state index >= 15 is 0 Å². The Morgan fingerprint density at radius 2 is 1.78 bits per heavy atom. The van der Waals surface area contributed by atoms with Crippen molar-refractivity contribution in [2.24, 2.45) is 0 Å². The van der Waals surface area contributed by atoms with Crippen LogP contribution in [0.2, 0.25) is 5.02 Å². The Labute approximate surface area is 147 Å². The molecule has 0 radical (unpaired) electrons. The van der Waals surface area contributed by atoms with Crippen LogP contribution in [0.15, 0.2) is 39.7 Å². The summed E-state index contributed by atoms with van der Waals surface area (Å²) >= 11 is 9.30. The summed E-state index contributed by atoms with van der Waals surface area (Å²) in [4.78, 5) is 0.0680. The van der Waals surface area contributed by atoms with Crippen LogP contribution in [0.4, 0.5) is 5.69 Å². The number of anilines is 1. The van der Waals surface area contributed by atoms with E-state index in [4.69, 9.17) is 21.1 Å². The summed E-state index contributed by atoms with van der Waals surface area (Å²) in [6, 6.07) is 8.01.